The third-order valence-electron chi connectivity index (χ3n) is 6.11. The summed E-state index contributed by atoms with van der Waals surface area (Å²) in [6, 6.07) is 9.30. The van der Waals surface area contributed by atoms with Gasteiger partial charge in [-0.05, 0) is 59.7 Å². The highest BCUT2D eigenvalue weighted by molar-refractivity contribution is 7.17. The van der Waals surface area contributed by atoms with Crippen LogP contribution in [0.25, 0.3) is 38.1 Å². The zero-order valence-corrected chi connectivity index (χ0v) is 20.9. The highest BCUT2D eigenvalue weighted by atomic mass is 32.1. The number of hydrogen-bond donors (Lipinski definition) is 1. The monoisotopic (exact) mass is 453 g/mol. The lowest BCUT2D eigenvalue weighted by atomic mass is 9.93. The fourth-order valence-corrected chi connectivity index (χ4v) is 6.83. The lowest BCUT2D eigenvalue weighted by Gasteiger charge is -2.13. The van der Waals surface area contributed by atoms with Gasteiger partial charge in [0.25, 0.3) is 0 Å². The van der Waals surface area contributed by atoms with Crippen LogP contribution in [-0.2, 0) is 0 Å². The molecule has 0 radical (unpaired) electrons. The zero-order chi connectivity index (χ0) is 22.7. The maximum Gasteiger partial charge on any atom is 0.0781 e. The first kappa shape index (κ1) is 21.1. The van der Waals surface area contributed by atoms with E-state index >= 15 is 0 Å². The Morgan fingerprint density at radius 1 is 0.906 bits per heavy atom. The van der Waals surface area contributed by atoms with Crippen LogP contribution in [0.3, 0.4) is 0 Å². The van der Waals surface area contributed by atoms with E-state index in [9.17, 15) is 0 Å². The number of fused-ring (bicyclic) bond motifs is 6. The van der Waals surface area contributed by atoms with E-state index in [4.69, 9.17) is 5.73 Å². The SMILES string of the molecule is C=Cc1cc2c(s1)-c1cc3c(cc1/C2=C\C(C)C)-c1sc(C#CC)cc1/C3=C(\N)C(C)C. The average Bonchev–Trinajstić information content (AvgIpc) is 3.46. The van der Waals surface area contributed by atoms with Crippen molar-refractivity contribution < 1.29 is 0 Å². The fraction of sp³-hybridized carbons (Fsp3) is 0.241. The van der Waals surface area contributed by atoms with Crippen LogP contribution in [0, 0.1) is 23.7 Å². The van der Waals surface area contributed by atoms with Gasteiger partial charge < -0.3 is 5.73 Å². The van der Waals surface area contributed by atoms with E-state index in [1.807, 2.05) is 24.3 Å². The largest absolute Gasteiger partial charge is 0.401 e. The minimum atomic E-state index is 0.277. The predicted molar refractivity (Wildman–Crippen MR) is 143 cm³/mol. The summed E-state index contributed by atoms with van der Waals surface area (Å²) < 4.78 is 0. The number of nitrogens with two attached hydrogens (primary N) is 1. The lowest BCUT2D eigenvalue weighted by molar-refractivity contribution is 0.761. The first-order valence-corrected chi connectivity index (χ1v) is 12.7. The van der Waals surface area contributed by atoms with Crippen molar-refractivity contribution in [3.63, 3.8) is 0 Å². The zero-order valence-electron chi connectivity index (χ0n) is 19.2. The van der Waals surface area contributed by atoms with E-state index < -0.39 is 0 Å². The van der Waals surface area contributed by atoms with Crippen LogP contribution < -0.4 is 5.73 Å². The molecule has 0 saturated heterocycles. The second-order valence-corrected chi connectivity index (χ2v) is 11.2. The molecule has 2 aliphatic rings. The topological polar surface area (TPSA) is 26.0 Å². The standard InChI is InChI=1S/C29H27NS2/c1-7-9-18-12-25-26(27(30)16(5)6)21-14-23-20(13-24(21)29(25)32-18)19(10-15(3)4)22-11-17(8-2)31-28(22)23/h8,10-16H,2,30H2,1,3-6H3/b19-10+,27-26-. The highest BCUT2D eigenvalue weighted by Gasteiger charge is 2.34. The van der Waals surface area contributed by atoms with Crippen molar-refractivity contribution in [1.82, 2.24) is 0 Å². The molecule has 3 aromatic rings. The lowest BCUT2D eigenvalue weighted by Crippen LogP contribution is -2.08. The van der Waals surface area contributed by atoms with Crippen LogP contribution in [0.1, 0.15) is 66.6 Å². The van der Waals surface area contributed by atoms with E-state index in [2.05, 4.69) is 76.5 Å². The maximum atomic E-state index is 6.72. The third kappa shape index (κ3) is 3.05. The van der Waals surface area contributed by atoms with Crippen molar-refractivity contribution >= 4 is 39.9 Å². The van der Waals surface area contributed by atoms with Gasteiger partial charge in [-0.15, -0.1) is 28.6 Å². The van der Waals surface area contributed by atoms with Crippen molar-refractivity contribution in [3.05, 3.63) is 74.6 Å². The molecule has 0 atom stereocenters. The van der Waals surface area contributed by atoms with Gasteiger partial charge in [0.15, 0.2) is 0 Å². The number of rotatable bonds is 3. The molecule has 1 nitrogen and oxygen atoms in total. The molecule has 0 fully saturated rings. The van der Waals surface area contributed by atoms with E-state index in [0.717, 1.165) is 10.6 Å². The molecule has 160 valence electrons. The van der Waals surface area contributed by atoms with Crippen molar-refractivity contribution in [1.29, 1.82) is 0 Å². The minimum absolute atomic E-state index is 0.277. The molecular formula is C29H27NS2. The molecule has 32 heavy (non-hydrogen) atoms. The summed E-state index contributed by atoms with van der Waals surface area (Å²) in [6.45, 7) is 14.7. The Kier molecular flexibility index (Phi) is 5.04. The molecule has 0 aliphatic heterocycles. The Balaban J connectivity index is 1.83. The number of allylic oxidation sites excluding steroid dienone is 2. The van der Waals surface area contributed by atoms with Crippen molar-refractivity contribution in [2.75, 3.05) is 0 Å². The molecule has 2 heterocycles. The molecule has 2 aliphatic carbocycles. The number of thiophene rings is 2. The quantitative estimate of drug-likeness (QED) is 0.273. The molecule has 3 heteroatoms. The maximum absolute atomic E-state index is 6.72. The number of hydrogen-bond acceptors (Lipinski definition) is 3. The second kappa shape index (κ2) is 7.66. The third-order valence-corrected chi connectivity index (χ3v) is 8.36. The van der Waals surface area contributed by atoms with E-state index in [1.165, 1.54) is 59.2 Å². The van der Waals surface area contributed by atoms with Crippen LogP contribution in [-0.4, -0.2) is 0 Å². The molecule has 0 saturated carbocycles. The Morgan fingerprint density at radius 2 is 1.59 bits per heavy atom. The van der Waals surface area contributed by atoms with Gasteiger partial charge in [0.05, 0.1) is 4.88 Å². The normalized spacial score (nSPS) is 16.0. The molecule has 2 aromatic heterocycles. The predicted octanol–water partition coefficient (Wildman–Crippen LogP) is 8.25. The van der Waals surface area contributed by atoms with Crippen molar-refractivity contribution in [2.24, 2.45) is 17.6 Å². The van der Waals surface area contributed by atoms with Gasteiger partial charge in [-0.1, -0.05) is 52.3 Å². The smallest absolute Gasteiger partial charge is 0.0781 e. The van der Waals surface area contributed by atoms with Gasteiger partial charge >= 0.3 is 0 Å². The van der Waals surface area contributed by atoms with E-state index in [1.54, 1.807) is 11.3 Å². The number of benzene rings is 1. The Bertz CT molecular complexity index is 1410. The van der Waals surface area contributed by atoms with Crippen molar-refractivity contribution in [2.45, 2.75) is 34.6 Å². The van der Waals surface area contributed by atoms with Gasteiger partial charge in [0, 0.05) is 48.2 Å². The summed E-state index contributed by atoms with van der Waals surface area (Å²) in [6.07, 6.45) is 4.35. The fourth-order valence-electron chi connectivity index (χ4n) is 4.68. The Hall–Kier alpha value is -2.80. The van der Waals surface area contributed by atoms with Crippen LogP contribution in [0.5, 0.6) is 0 Å². The first-order chi connectivity index (χ1) is 15.3. The molecular weight excluding hydrogens is 426 g/mol. The highest BCUT2D eigenvalue weighted by Crippen LogP contribution is 2.56. The molecule has 0 spiro atoms. The summed E-state index contributed by atoms with van der Waals surface area (Å²) in [5.74, 6) is 7.05. The van der Waals surface area contributed by atoms with E-state index in [-0.39, 0.29) is 5.92 Å². The van der Waals surface area contributed by atoms with Gasteiger partial charge in [-0.3, -0.25) is 0 Å². The summed E-state index contributed by atoms with van der Waals surface area (Å²) in [5.41, 5.74) is 18.0. The molecule has 0 bridgehead atoms. The molecule has 2 N–H and O–H groups in total. The van der Waals surface area contributed by atoms with Crippen LogP contribution >= 0.6 is 22.7 Å². The Labute approximate surface area is 199 Å². The first-order valence-electron chi connectivity index (χ1n) is 11.1. The molecule has 1 aromatic carbocycles. The summed E-state index contributed by atoms with van der Waals surface area (Å²) in [7, 11) is 0. The average molecular weight is 454 g/mol. The van der Waals surface area contributed by atoms with Gasteiger partial charge in [-0.25, -0.2) is 0 Å². The summed E-state index contributed by atoms with van der Waals surface area (Å²) in [5, 5.41) is 0. The Morgan fingerprint density at radius 3 is 2.25 bits per heavy atom. The minimum Gasteiger partial charge on any atom is -0.401 e. The van der Waals surface area contributed by atoms with Gasteiger partial charge in [0.1, 0.15) is 0 Å². The summed E-state index contributed by atoms with van der Waals surface area (Å²) >= 11 is 3.61. The van der Waals surface area contributed by atoms with Crippen LogP contribution in [0.2, 0.25) is 0 Å². The van der Waals surface area contributed by atoms with Crippen LogP contribution in [0.15, 0.2) is 42.6 Å². The van der Waals surface area contributed by atoms with Crippen LogP contribution in [0.4, 0.5) is 0 Å². The molecule has 5 rings (SSSR count). The molecule has 0 unspecified atom stereocenters. The van der Waals surface area contributed by atoms with Gasteiger partial charge in [0.2, 0.25) is 0 Å². The second-order valence-electron chi connectivity index (χ2n) is 9.08. The van der Waals surface area contributed by atoms with E-state index in [0.29, 0.717) is 5.92 Å². The van der Waals surface area contributed by atoms with Crippen molar-refractivity contribution in [3.8, 4) is 32.7 Å². The van der Waals surface area contributed by atoms with Gasteiger partial charge in [-0.2, -0.15) is 0 Å². The summed E-state index contributed by atoms with van der Waals surface area (Å²) in [4.78, 5) is 4.96. The molecule has 0 amide bonds.